The molecule has 24 heavy (non-hydrogen) atoms. The molecule has 0 radical (unpaired) electrons. The standard InChI is InChI=1S/C16H26N6O2/c1-20-6-8-22(9-7-20)15-3-2-14(18-19-15)16(23)17-4-5-21-10-12-24-13-11-21/h2-3H,4-13H2,1H3,(H,17,23). The van der Waals surface area contributed by atoms with Crippen LogP contribution in [-0.4, -0.2) is 98.5 Å². The van der Waals surface area contributed by atoms with Crippen LogP contribution in [0.25, 0.3) is 0 Å². The zero-order valence-electron chi connectivity index (χ0n) is 14.3. The summed E-state index contributed by atoms with van der Waals surface area (Å²) < 4.78 is 5.31. The number of nitrogens with zero attached hydrogens (tertiary/aromatic N) is 5. The van der Waals surface area contributed by atoms with Gasteiger partial charge in [-0.2, -0.15) is 0 Å². The molecular weight excluding hydrogens is 308 g/mol. The molecular formula is C16H26N6O2. The second-order valence-corrected chi connectivity index (χ2v) is 6.28. The van der Waals surface area contributed by atoms with Crippen molar-refractivity contribution in [1.82, 2.24) is 25.3 Å². The molecule has 2 aliphatic heterocycles. The van der Waals surface area contributed by atoms with Gasteiger partial charge in [0.2, 0.25) is 0 Å². The zero-order valence-corrected chi connectivity index (χ0v) is 14.3. The number of aromatic nitrogens is 2. The van der Waals surface area contributed by atoms with Crippen molar-refractivity contribution in [2.24, 2.45) is 0 Å². The molecule has 2 aliphatic rings. The van der Waals surface area contributed by atoms with Gasteiger partial charge in [-0.25, -0.2) is 0 Å². The van der Waals surface area contributed by atoms with E-state index in [2.05, 4.69) is 37.3 Å². The van der Waals surface area contributed by atoms with Crippen LogP contribution >= 0.6 is 0 Å². The van der Waals surface area contributed by atoms with Crippen LogP contribution in [0.2, 0.25) is 0 Å². The zero-order chi connectivity index (χ0) is 16.8. The molecule has 132 valence electrons. The number of carbonyl (C=O) groups excluding carboxylic acids is 1. The van der Waals surface area contributed by atoms with Gasteiger partial charge in [-0.15, -0.1) is 10.2 Å². The van der Waals surface area contributed by atoms with Crippen LogP contribution in [0.1, 0.15) is 10.5 Å². The number of hydrogen-bond donors (Lipinski definition) is 1. The Kier molecular flexibility index (Phi) is 5.95. The van der Waals surface area contributed by atoms with Gasteiger partial charge >= 0.3 is 0 Å². The van der Waals surface area contributed by atoms with E-state index in [9.17, 15) is 4.79 Å². The van der Waals surface area contributed by atoms with Crippen LogP contribution in [0.4, 0.5) is 5.82 Å². The lowest BCUT2D eigenvalue weighted by Crippen LogP contribution is -2.45. The lowest BCUT2D eigenvalue weighted by atomic mass is 10.3. The van der Waals surface area contributed by atoms with Crippen molar-refractivity contribution in [3.63, 3.8) is 0 Å². The van der Waals surface area contributed by atoms with Crippen molar-refractivity contribution in [3.05, 3.63) is 17.8 Å². The van der Waals surface area contributed by atoms with Crippen molar-refractivity contribution < 1.29 is 9.53 Å². The van der Waals surface area contributed by atoms with Crippen LogP contribution in [-0.2, 0) is 4.74 Å². The maximum Gasteiger partial charge on any atom is 0.271 e. The Hall–Kier alpha value is -1.77. The number of nitrogens with one attached hydrogen (secondary N) is 1. The maximum absolute atomic E-state index is 12.1. The fourth-order valence-corrected chi connectivity index (χ4v) is 2.89. The van der Waals surface area contributed by atoms with E-state index in [0.717, 1.165) is 64.8 Å². The van der Waals surface area contributed by atoms with Gasteiger partial charge in [0.1, 0.15) is 0 Å². The second-order valence-electron chi connectivity index (χ2n) is 6.28. The molecule has 0 aromatic carbocycles. The number of carbonyl (C=O) groups is 1. The first-order valence-electron chi connectivity index (χ1n) is 8.58. The third-order valence-electron chi connectivity index (χ3n) is 4.53. The van der Waals surface area contributed by atoms with Gasteiger partial charge in [0.05, 0.1) is 13.2 Å². The number of hydrogen-bond acceptors (Lipinski definition) is 7. The summed E-state index contributed by atoms with van der Waals surface area (Å²) in [5.41, 5.74) is 0.370. The highest BCUT2D eigenvalue weighted by Crippen LogP contribution is 2.12. The molecule has 1 amide bonds. The van der Waals surface area contributed by atoms with E-state index in [1.807, 2.05) is 6.07 Å². The van der Waals surface area contributed by atoms with Crippen molar-refractivity contribution in [1.29, 1.82) is 0 Å². The quantitative estimate of drug-likeness (QED) is 0.762. The number of piperazine rings is 1. The Morgan fingerprint density at radius 2 is 1.88 bits per heavy atom. The minimum absolute atomic E-state index is 0.166. The molecule has 0 saturated carbocycles. The number of amides is 1. The smallest absolute Gasteiger partial charge is 0.271 e. The molecule has 1 aromatic rings. The van der Waals surface area contributed by atoms with Gasteiger partial charge in [-0.1, -0.05) is 0 Å². The van der Waals surface area contributed by atoms with E-state index in [1.165, 1.54) is 0 Å². The Labute approximate surface area is 142 Å². The number of ether oxygens (including phenoxy) is 1. The fraction of sp³-hybridized carbons (Fsp3) is 0.688. The second kappa shape index (κ2) is 8.36. The summed E-state index contributed by atoms with van der Waals surface area (Å²) in [6.07, 6.45) is 0. The molecule has 0 bridgehead atoms. The molecule has 8 heteroatoms. The minimum atomic E-state index is -0.166. The van der Waals surface area contributed by atoms with E-state index in [1.54, 1.807) is 6.07 Å². The van der Waals surface area contributed by atoms with Crippen LogP contribution < -0.4 is 10.2 Å². The van der Waals surface area contributed by atoms with Crippen molar-refractivity contribution in [2.45, 2.75) is 0 Å². The normalized spacial score (nSPS) is 20.1. The number of morpholine rings is 1. The van der Waals surface area contributed by atoms with Gasteiger partial charge in [0, 0.05) is 52.4 Å². The predicted octanol–water partition coefficient (Wildman–Crippen LogP) is -0.710. The molecule has 8 nitrogen and oxygen atoms in total. The van der Waals surface area contributed by atoms with Gasteiger partial charge in [-0.3, -0.25) is 9.69 Å². The average molecular weight is 334 g/mol. The van der Waals surface area contributed by atoms with Crippen molar-refractivity contribution >= 4 is 11.7 Å². The molecule has 1 N–H and O–H groups in total. The first-order chi connectivity index (χ1) is 11.7. The Morgan fingerprint density at radius 3 is 2.54 bits per heavy atom. The summed E-state index contributed by atoms with van der Waals surface area (Å²) in [5, 5.41) is 11.2. The van der Waals surface area contributed by atoms with Crippen molar-refractivity contribution in [3.8, 4) is 0 Å². The Bertz CT molecular complexity index is 524. The number of anilines is 1. The summed E-state index contributed by atoms with van der Waals surface area (Å²) in [7, 11) is 2.12. The fourth-order valence-electron chi connectivity index (χ4n) is 2.89. The molecule has 3 rings (SSSR count). The topological polar surface area (TPSA) is 73.8 Å². The van der Waals surface area contributed by atoms with Crippen LogP contribution in [0.5, 0.6) is 0 Å². The van der Waals surface area contributed by atoms with E-state index in [-0.39, 0.29) is 5.91 Å². The van der Waals surface area contributed by atoms with E-state index in [0.29, 0.717) is 12.2 Å². The van der Waals surface area contributed by atoms with Gasteiger partial charge in [0.25, 0.3) is 5.91 Å². The summed E-state index contributed by atoms with van der Waals surface area (Å²) in [6, 6.07) is 3.64. The summed E-state index contributed by atoms with van der Waals surface area (Å²) >= 11 is 0. The maximum atomic E-state index is 12.1. The molecule has 2 saturated heterocycles. The number of rotatable bonds is 5. The van der Waals surface area contributed by atoms with E-state index < -0.39 is 0 Å². The van der Waals surface area contributed by atoms with Crippen LogP contribution in [0.3, 0.4) is 0 Å². The highest BCUT2D eigenvalue weighted by atomic mass is 16.5. The lowest BCUT2D eigenvalue weighted by Gasteiger charge is -2.32. The third-order valence-corrected chi connectivity index (χ3v) is 4.53. The highest BCUT2D eigenvalue weighted by molar-refractivity contribution is 5.92. The SMILES string of the molecule is CN1CCN(c2ccc(C(=O)NCCN3CCOCC3)nn2)CC1. The van der Waals surface area contributed by atoms with Gasteiger partial charge < -0.3 is 19.9 Å². The highest BCUT2D eigenvalue weighted by Gasteiger charge is 2.17. The minimum Gasteiger partial charge on any atom is -0.379 e. The molecule has 1 aromatic heterocycles. The predicted molar refractivity (Wildman–Crippen MR) is 91.3 cm³/mol. The molecule has 0 aliphatic carbocycles. The molecule has 3 heterocycles. The third kappa shape index (κ3) is 4.62. The summed E-state index contributed by atoms with van der Waals surface area (Å²) in [5.74, 6) is 0.675. The molecule has 0 unspecified atom stereocenters. The Balaban J connectivity index is 1.45. The lowest BCUT2D eigenvalue weighted by molar-refractivity contribution is 0.0383. The average Bonchev–Trinajstić information content (AvgIpc) is 2.63. The van der Waals surface area contributed by atoms with Crippen LogP contribution in [0.15, 0.2) is 12.1 Å². The summed E-state index contributed by atoms with van der Waals surface area (Å²) in [4.78, 5) is 18.9. The number of likely N-dealkylation sites (N-methyl/N-ethyl adjacent to an activating group) is 1. The van der Waals surface area contributed by atoms with Gasteiger partial charge in [-0.05, 0) is 19.2 Å². The molecule has 2 fully saturated rings. The summed E-state index contributed by atoms with van der Waals surface area (Å²) in [6.45, 7) is 8.76. The van der Waals surface area contributed by atoms with Gasteiger partial charge in [0.15, 0.2) is 11.5 Å². The largest absolute Gasteiger partial charge is 0.379 e. The monoisotopic (exact) mass is 334 g/mol. The van der Waals surface area contributed by atoms with E-state index in [4.69, 9.17) is 4.74 Å². The first-order valence-corrected chi connectivity index (χ1v) is 8.58. The van der Waals surface area contributed by atoms with E-state index >= 15 is 0 Å². The molecule has 0 spiro atoms. The van der Waals surface area contributed by atoms with Crippen LogP contribution in [0, 0.1) is 0 Å². The van der Waals surface area contributed by atoms with Crippen molar-refractivity contribution in [2.75, 3.05) is 77.5 Å². The first kappa shape index (κ1) is 17.1. The Morgan fingerprint density at radius 1 is 1.12 bits per heavy atom. The molecule has 0 atom stereocenters.